The molecule has 0 N–H and O–H groups in total. The zero-order valence-corrected chi connectivity index (χ0v) is 13.5. The lowest BCUT2D eigenvalue weighted by molar-refractivity contribution is 0.690. The van der Waals surface area contributed by atoms with Crippen LogP contribution in [0.3, 0.4) is 0 Å². The van der Waals surface area contributed by atoms with Gasteiger partial charge in [0.15, 0.2) is 5.82 Å². The highest BCUT2D eigenvalue weighted by Crippen LogP contribution is 2.37. The molecule has 0 atom stereocenters. The van der Waals surface area contributed by atoms with Gasteiger partial charge in [0, 0.05) is 18.0 Å². The summed E-state index contributed by atoms with van der Waals surface area (Å²) in [5, 5.41) is 5.26. The fourth-order valence-electron chi connectivity index (χ4n) is 4.05. The fourth-order valence-corrected chi connectivity index (χ4v) is 4.05. The molecule has 0 unspecified atom stereocenters. The van der Waals surface area contributed by atoms with E-state index in [9.17, 15) is 0 Å². The Morgan fingerprint density at radius 1 is 0.667 bits per heavy atom. The average molecular weight is 310 g/mol. The Labute approximate surface area is 141 Å². The molecule has 1 aromatic heterocycles. The van der Waals surface area contributed by atoms with Crippen LogP contribution in [0, 0.1) is 0 Å². The van der Waals surface area contributed by atoms with Crippen molar-refractivity contribution in [1.29, 1.82) is 0 Å². The molecule has 116 valence electrons. The third-order valence-electron chi connectivity index (χ3n) is 5.18. The van der Waals surface area contributed by atoms with Crippen molar-refractivity contribution >= 4 is 21.5 Å². The van der Waals surface area contributed by atoms with E-state index >= 15 is 0 Å². The molecule has 1 heterocycles. The highest BCUT2D eigenvalue weighted by molar-refractivity contribution is 6.14. The first kappa shape index (κ1) is 13.7. The minimum absolute atomic E-state index is 0.809. The van der Waals surface area contributed by atoms with Gasteiger partial charge in [-0.05, 0) is 70.5 Å². The number of nitrogens with zero attached hydrogens (tertiary/aromatic N) is 2. The van der Waals surface area contributed by atoms with Gasteiger partial charge < -0.3 is 0 Å². The molecular weight excluding hydrogens is 292 g/mol. The minimum atomic E-state index is 0.809. The Kier molecular flexibility index (Phi) is 3.08. The van der Waals surface area contributed by atoms with Gasteiger partial charge in [-0.3, -0.25) is 0 Å². The third-order valence-corrected chi connectivity index (χ3v) is 5.18. The first-order valence-corrected chi connectivity index (χ1v) is 8.65. The van der Waals surface area contributed by atoms with Gasteiger partial charge in [-0.25, -0.2) is 9.97 Å². The molecule has 0 fully saturated rings. The van der Waals surface area contributed by atoms with E-state index in [2.05, 4.69) is 52.4 Å². The van der Waals surface area contributed by atoms with E-state index in [0.717, 1.165) is 11.4 Å². The van der Waals surface area contributed by atoms with Crippen LogP contribution in [0.1, 0.15) is 24.0 Å². The molecule has 0 aliphatic heterocycles. The molecule has 2 nitrogen and oxygen atoms in total. The number of aryl methyl sites for hydroxylation is 2. The number of aromatic nitrogens is 2. The van der Waals surface area contributed by atoms with Crippen LogP contribution in [0.5, 0.6) is 0 Å². The number of rotatable bonds is 1. The van der Waals surface area contributed by atoms with Gasteiger partial charge in [0.2, 0.25) is 0 Å². The molecular formula is C22H18N2. The smallest absolute Gasteiger partial charge is 0.159 e. The van der Waals surface area contributed by atoms with Crippen LogP contribution in [0.2, 0.25) is 0 Å². The van der Waals surface area contributed by atoms with E-state index in [1.165, 1.54) is 58.4 Å². The molecule has 0 spiro atoms. The van der Waals surface area contributed by atoms with E-state index in [1.807, 2.05) is 18.5 Å². The summed E-state index contributed by atoms with van der Waals surface area (Å²) in [7, 11) is 0. The quantitative estimate of drug-likeness (QED) is 0.444. The van der Waals surface area contributed by atoms with Gasteiger partial charge in [-0.1, -0.05) is 36.4 Å². The Balaban J connectivity index is 1.94. The van der Waals surface area contributed by atoms with Crippen LogP contribution in [0.25, 0.3) is 32.9 Å². The Hall–Kier alpha value is -2.74. The lowest BCUT2D eigenvalue weighted by atomic mass is 9.85. The summed E-state index contributed by atoms with van der Waals surface area (Å²) >= 11 is 0. The zero-order chi connectivity index (χ0) is 15.9. The summed E-state index contributed by atoms with van der Waals surface area (Å²) in [6.45, 7) is 0. The number of fused-ring (bicyclic) bond motifs is 5. The SMILES string of the molecule is c1cnc(-c2cc3c4c(ccc3c3ccccc23)CCCC4)nc1. The molecule has 0 saturated heterocycles. The summed E-state index contributed by atoms with van der Waals surface area (Å²) in [6.07, 6.45) is 8.62. The Bertz CT molecular complexity index is 1050. The Morgan fingerprint density at radius 3 is 2.29 bits per heavy atom. The number of hydrogen-bond donors (Lipinski definition) is 0. The van der Waals surface area contributed by atoms with Crippen molar-refractivity contribution in [3.63, 3.8) is 0 Å². The first-order chi connectivity index (χ1) is 11.9. The maximum absolute atomic E-state index is 4.51. The predicted octanol–water partition coefficient (Wildman–Crippen LogP) is 5.33. The number of benzene rings is 3. The highest BCUT2D eigenvalue weighted by atomic mass is 14.8. The van der Waals surface area contributed by atoms with E-state index in [1.54, 1.807) is 0 Å². The van der Waals surface area contributed by atoms with E-state index in [-0.39, 0.29) is 0 Å². The second-order valence-corrected chi connectivity index (χ2v) is 6.55. The molecule has 4 aromatic rings. The Morgan fingerprint density at radius 2 is 1.42 bits per heavy atom. The van der Waals surface area contributed by atoms with Crippen molar-refractivity contribution in [3.8, 4) is 11.4 Å². The van der Waals surface area contributed by atoms with Crippen molar-refractivity contribution in [3.05, 3.63) is 72.1 Å². The van der Waals surface area contributed by atoms with Crippen LogP contribution in [-0.4, -0.2) is 9.97 Å². The first-order valence-electron chi connectivity index (χ1n) is 8.65. The van der Waals surface area contributed by atoms with Gasteiger partial charge in [-0.15, -0.1) is 0 Å². The summed E-state index contributed by atoms with van der Waals surface area (Å²) in [5.41, 5.74) is 4.18. The van der Waals surface area contributed by atoms with Crippen molar-refractivity contribution in [1.82, 2.24) is 9.97 Å². The predicted molar refractivity (Wildman–Crippen MR) is 99.1 cm³/mol. The van der Waals surface area contributed by atoms with Gasteiger partial charge in [0.25, 0.3) is 0 Å². The lowest BCUT2D eigenvalue weighted by Gasteiger charge is -2.20. The van der Waals surface area contributed by atoms with E-state index in [0.29, 0.717) is 0 Å². The largest absolute Gasteiger partial charge is 0.237 e. The minimum Gasteiger partial charge on any atom is -0.237 e. The van der Waals surface area contributed by atoms with Crippen LogP contribution in [0.4, 0.5) is 0 Å². The molecule has 0 amide bonds. The second kappa shape index (κ2) is 5.41. The molecule has 1 aliphatic carbocycles. The summed E-state index contributed by atoms with van der Waals surface area (Å²) < 4.78 is 0. The standard InChI is InChI=1S/C22H18N2/c1-2-7-16-15(6-1)10-11-19-17-8-3-4-9-18(17)21(14-20(16)19)22-23-12-5-13-24-22/h3-5,8-14H,1-2,6-7H2. The van der Waals surface area contributed by atoms with E-state index < -0.39 is 0 Å². The summed E-state index contributed by atoms with van der Waals surface area (Å²) in [4.78, 5) is 9.01. The molecule has 3 aromatic carbocycles. The molecule has 0 saturated carbocycles. The molecule has 1 aliphatic rings. The van der Waals surface area contributed by atoms with Crippen molar-refractivity contribution in [2.75, 3.05) is 0 Å². The zero-order valence-electron chi connectivity index (χ0n) is 13.5. The third kappa shape index (κ3) is 2.03. The van der Waals surface area contributed by atoms with E-state index in [4.69, 9.17) is 0 Å². The molecule has 0 radical (unpaired) electrons. The fraction of sp³-hybridized carbons (Fsp3) is 0.182. The van der Waals surface area contributed by atoms with Crippen LogP contribution >= 0.6 is 0 Å². The van der Waals surface area contributed by atoms with Gasteiger partial charge in [0.05, 0.1) is 0 Å². The molecule has 24 heavy (non-hydrogen) atoms. The normalized spacial score (nSPS) is 14.0. The maximum Gasteiger partial charge on any atom is 0.159 e. The van der Waals surface area contributed by atoms with Crippen molar-refractivity contribution in [2.24, 2.45) is 0 Å². The summed E-state index contributed by atoms with van der Waals surface area (Å²) in [6, 6.07) is 17.4. The van der Waals surface area contributed by atoms with Crippen LogP contribution in [0.15, 0.2) is 60.9 Å². The topological polar surface area (TPSA) is 25.8 Å². The van der Waals surface area contributed by atoms with Crippen LogP contribution < -0.4 is 0 Å². The van der Waals surface area contributed by atoms with Crippen molar-refractivity contribution in [2.45, 2.75) is 25.7 Å². The van der Waals surface area contributed by atoms with Crippen LogP contribution in [-0.2, 0) is 12.8 Å². The van der Waals surface area contributed by atoms with Crippen molar-refractivity contribution < 1.29 is 0 Å². The average Bonchev–Trinajstić information content (AvgIpc) is 2.67. The molecule has 5 rings (SSSR count). The van der Waals surface area contributed by atoms with Gasteiger partial charge >= 0.3 is 0 Å². The molecule has 2 heteroatoms. The maximum atomic E-state index is 4.51. The highest BCUT2D eigenvalue weighted by Gasteiger charge is 2.16. The van der Waals surface area contributed by atoms with Gasteiger partial charge in [0.1, 0.15) is 0 Å². The molecule has 0 bridgehead atoms. The van der Waals surface area contributed by atoms with Gasteiger partial charge in [-0.2, -0.15) is 0 Å². The monoisotopic (exact) mass is 310 g/mol. The number of hydrogen-bond acceptors (Lipinski definition) is 2. The second-order valence-electron chi connectivity index (χ2n) is 6.55. The summed E-state index contributed by atoms with van der Waals surface area (Å²) in [5.74, 6) is 0.809. The lowest BCUT2D eigenvalue weighted by Crippen LogP contribution is -2.03.